The van der Waals surface area contributed by atoms with Crippen LogP contribution in [0.15, 0.2) is 53.1 Å². The number of rotatable bonds is 6. The number of pyridine rings is 1. The molecule has 1 aromatic carbocycles. The molecule has 0 spiro atoms. The number of Topliss-reactive ketones (excluding diaryl/α,β-unsaturated/α-hetero) is 1. The Morgan fingerprint density at radius 2 is 1.95 bits per heavy atom. The Morgan fingerprint density at radius 3 is 2.50 bits per heavy atom. The van der Waals surface area contributed by atoms with E-state index < -0.39 is 12.0 Å². The standard InChI is InChI=1S/C16H15BrN2O3/c1-11(19(21)22)14(12-5-7-13(17)8-6-12)10-16(20)15-4-2-3-9-18-15/h2-9,11,14H,10H2,1H3/t11-,14-/m1/s1. The summed E-state index contributed by atoms with van der Waals surface area (Å²) < 4.78 is 0.889. The predicted octanol–water partition coefficient (Wildman–Crippen LogP) is 3.87. The van der Waals surface area contributed by atoms with Crippen molar-refractivity contribution in [2.24, 2.45) is 0 Å². The van der Waals surface area contributed by atoms with Gasteiger partial charge in [0.1, 0.15) is 5.69 Å². The van der Waals surface area contributed by atoms with Gasteiger partial charge in [-0.15, -0.1) is 0 Å². The third-order valence-electron chi connectivity index (χ3n) is 3.57. The van der Waals surface area contributed by atoms with Crippen molar-refractivity contribution in [2.45, 2.75) is 25.3 Å². The van der Waals surface area contributed by atoms with Crippen LogP contribution in [0.5, 0.6) is 0 Å². The second-order valence-corrected chi connectivity index (χ2v) is 5.94. The molecule has 1 heterocycles. The quantitative estimate of drug-likeness (QED) is 0.444. The summed E-state index contributed by atoms with van der Waals surface area (Å²) in [6, 6.07) is 11.5. The average Bonchev–Trinajstić information content (AvgIpc) is 2.53. The van der Waals surface area contributed by atoms with Gasteiger partial charge in [0.2, 0.25) is 6.04 Å². The smallest absolute Gasteiger partial charge is 0.217 e. The largest absolute Gasteiger partial charge is 0.292 e. The third-order valence-corrected chi connectivity index (χ3v) is 4.10. The minimum Gasteiger partial charge on any atom is -0.292 e. The highest BCUT2D eigenvalue weighted by molar-refractivity contribution is 9.10. The molecule has 0 amide bonds. The van der Waals surface area contributed by atoms with Crippen LogP contribution in [-0.2, 0) is 0 Å². The van der Waals surface area contributed by atoms with Crippen molar-refractivity contribution in [3.63, 3.8) is 0 Å². The minimum atomic E-state index is -0.853. The van der Waals surface area contributed by atoms with Gasteiger partial charge >= 0.3 is 0 Å². The molecule has 22 heavy (non-hydrogen) atoms. The maximum atomic E-state index is 12.3. The van der Waals surface area contributed by atoms with Gasteiger partial charge in [0.15, 0.2) is 5.78 Å². The van der Waals surface area contributed by atoms with E-state index in [4.69, 9.17) is 0 Å². The third kappa shape index (κ3) is 3.98. The summed E-state index contributed by atoms with van der Waals surface area (Å²) in [5.41, 5.74) is 1.11. The number of nitro groups is 1. The van der Waals surface area contributed by atoms with Crippen molar-refractivity contribution in [2.75, 3.05) is 0 Å². The number of hydrogen-bond donors (Lipinski definition) is 0. The van der Waals surface area contributed by atoms with Crippen molar-refractivity contribution in [1.82, 2.24) is 4.98 Å². The second-order valence-electron chi connectivity index (χ2n) is 5.03. The SMILES string of the molecule is C[C@H]([C@@H](CC(=O)c1ccccn1)c1ccc(Br)cc1)[N+](=O)[O-]. The van der Waals surface area contributed by atoms with E-state index in [1.54, 1.807) is 36.5 Å². The molecule has 0 bridgehead atoms. The van der Waals surface area contributed by atoms with E-state index in [1.807, 2.05) is 12.1 Å². The molecule has 0 aliphatic heterocycles. The minimum absolute atomic E-state index is 0.0563. The molecular formula is C16H15BrN2O3. The summed E-state index contributed by atoms with van der Waals surface area (Å²) in [4.78, 5) is 27.2. The maximum Gasteiger partial charge on any atom is 0.217 e. The number of carbonyl (C=O) groups excluding carboxylic acids is 1. The molecular weight excluding hydrogens is 348 g/mol. The predicted molar refractivity (Wildman–Crippen MR) is 86.5 cm³/mol. The van der Waals surface area contributed by atoms with E-state index in [1.165, 1.54) is 6.92 Å². The molecule has 114 valence electrons. The zero-order valence-electron chi connectivity index (χ0n) is 12.0. The first-order valence-electron chi connectivity index (χ1n) is 6.82. The Labute approximate surface area is 136 Å². The molecule has 0 aliphatic rings. The van der Waals surface area contributed by atoms with Gasteiger partial charge in [-0.25, -0.2) is 0 Å². The Morgan fingerprint density at radius 1 is 1.27 bits per heavy atom. The fourth-order valence-corrected chi connectivity index (χ4v) is 2.52. The van der Waals surface area contributed by atoms with Crippen LogP contribution in [0.1, 0.15) is 35.3 Å². The highest BCUT2D eigenvalue weighted by atomic mass is 79.9. The maximum absolute atomic E-state index is 12.3. The molecule has 1 aromatic heterocycles. The van der Waals surface area contributed by atoms with Crippen molar-refractivity contribution < 1.29 is 9.72 Å². The molecule has 6 heteroatoms. The van der Waals surface area contributed by atoms with Gasteiger partial charge in [-0.1, -0.05) is 34.1 Å². The number of ketones is 1. The van der Waals surface area contributed by atoms with E-state index in [-0.39, 0.29) is 17.1 Å². The molecule has 5 nitrogen and oxygen atoms in total. The van der Waals surface area contributed by atoms with Crippen molar-refractivity contribution >= 4 is 21.7 Å². The van der Waals surface area contributed by atoms with Crippen molar-refractivity contribution in [3.8, 4) is 0 Å². The van der Waals surface area contributed by atoms with Crippen LogP contribution in [0.3, 0.4) is 0 Å². The van der Waals surface area contributed by atoms with Crippen LogP contribution in [0, 0.1) is 10.1 Å². The molecule has 0 N–H and O–H groups in total. The van der Waals surface area contributed by atoms with Gasteiger partial charge in [-0.3, -0.25) is 19.9 Å². The summed E-state index contributed by atoms with van der Waals surface area (Å²) in [6.45, 7) is 1.53. The van der Waals surface area contributed by atoms with Gasteiger partial charge in [-0.05, 0) is 29.8 Å². The lowest BCUT2D eigenvalue weighted by Gasteiger charge is -2.18. The van der Waals surface area contributed by atoms with Gasteiger partial charge in [-0.2, -0.15) is 0 Å². The van der Waals surface area contributed by atoms with Crippen LogP contribution in [0.25, 0.3) is 0 Å². The first-order valence-corrected chi connectivity index (χ1v) is 7.61. The Bertz CT molecular complexity index is 659. The van der Waals surface area contributed by atoms with Gasteiger partial charge < -0.3 is 0 Å². The van der Waals surface area contributed by atoms with Crippen LogP contribution in [-0.4, -0.2) is 21.7 Å². The Hall–Kier alpha value is -2.08. The number of aromatic nitrogens is 1. The van der Waals surface area contributed by atoms with Crippen LogP contribution in [0.4, 0.5) is 0 Å². The topological polar surface area (TPSA) is 73.1 Å². The Kier molecular flexibility index (Phi) is 5.38. The number of benzene rings is 1. The van der Waals surface area contributed by atoms with E-state index in [9.17, 15) is 14.9 Å². The molecule has 0 fully saturated rings. The first-order chi connectivity index (χ1) is 10.5. The van der Waals surface area contributed by atoms with Crippen molar-refractivity contribution in [1.29, 1.82) is 0 Å². The fraction of sp³-hybridized carbons (Fsp3) is 0.250. The summed E-state index contributed by atoms with van der Waals surface area (Å²) in [6.07, 6.45) is 1.60. The zero-order chi connectivity index (χ0) is 16.1. The van der Waals surface area contributed by atoms with Crippen LogP contribution < -0.4 is 0 Å². The van der Waals surface area contributed by atoms with E-state index in [0.29, 0.717) is 5.69 Å². The zero-order valence-corrected chi connectivity index (χ0v) is 13.6. The molecule has 2 rings (SSSR count). The first kappa shape index (κ1) is 16.3. The van der Waals surface area contributed by atoms with Gasteiger partial charge in [0, 0.05) is 28.9 Å². The highest BCUT2D eigenvalue weighted by Gasteiger charge is 2.30. The van der Waals surface area contributed by atoms with Gasteiger partial charge in [0.05, 0.1) is 5.92 Å². The lowest BCUT2D eigenvalue weighted by Crippen LogP contribution is -2.26. The summed E-state index contributed by atoms with van der Waals surface area (Å²) >= 11 is 3.34. The van der Waals surface area contributed by atoms with Crippen LogP contribution >= 0.6 is 15.9 Å². The van der Waals surface area contributed by atoms with Crippen LogP contribution in [0.2, 0.25) is 0 Å². The number of nitrogens with zero attached hydrogens (tertiary/aromatic N) is 2. The Balaban J connectivity index is 2.27. The second kappa shape index (κ2) is 7.26. The molecule has 0 aliphatic carbocycles. The molecule has 0 saturated carbocycles. The van der Waals surface area contributed by atoms with Gasteiger partial charge in [0.25, 0.3) is 0 Å². The molecule has 0 radical (unpaired) electrons. The lowest BCUT2D eigenvalue weighted by atomic mass is 9.87. The van der Waals surface area contributed by atoms with E-state index >= 15 is 0 Å². The normalized spacial score (nSPS) is 13.4. The van der Waals surface area contributed by atoms with Crippen molar-refractivity contribution in [3.05, 3.63) is 74.5 Å². The summed E-state index contributed by atoms with van der Waals surface area (Å²) in [5, 5.41) is 11.2. The fourth-order valence-electron chi connectivity index (χ4n) is 2.26. The highest BCUT2D eigenvalue weighted by Crippen LogP contribution is 2.28. The lowest BCUT2D eigenvalue weighted by molar-refractivity contribution is -0.522. The summed E-state index contributed by atoms with van der Waals surface area (Å²) in [5.74, 6) is -0.681. The average molecular weight is 363 g/mol. The molecule has 2 aromatic rings. The van der Waals surface area contributed by atoms with E-state index in [0.717, 1.165) is 10.0 Å². The summed E-state index contributed by atoms with van der Waals surface area (Å²) in [7, 11) is 0. The molecule has 0 saturated heterocycles. The molecule has 2 atom stereocenters. The monoisotopic (exact) mass is 362 g/mol. The molecule has 0 unspecified atom stereocenters. The number of hydrogen-bond acceptors (Lipinski definition) is 4. The number of halogens is 1. The number of carbonyl (C=O) groups is 1. The van der Waals surface area contributed by atoms with E-state index in [2.05, 4.69) is 20.9 Å².